The Kier molecular flexibility index (Phi) is 4.15. The molecular formula is C13H14F3N3O2. The Balaban J connectivity index is 2.13. The summed E-state index contributed by atoms with van der Waals surface area (Å²) in [4.78, 5) is 28.2. The van der Waals surface area contributed by atoms with Crippen molar-refractivity contribution in [1.29, 1.82) is 0 Å². The van der Waals surface area contributed by atoms with Crippen LogP contribution >= 0.6 is 0 Å². The summed E-state index contributed by atoms with van der Waals surface area (Å²) in [6.45, 7) is 0.289. The van der Waals surface area contributed by atoms with Gasteiger partial charge < -0.3 is 10.2 Å². The second-order valence-electron chi connectivity index (χ2n) is 4.90. The molecule has 1 saturated heterocycles. The van der Waals surface area contributed by atoms with Crippen LogP contribution in [0.5, 0.6) is 0 Å². The Hall–Kier alpha value is -2.12. The number of hydrogen-bond donors (Lipinski definition) is 1. The molecule has 2 amide bonds. The van der Waals surface area contributed by atoms with Crippen molar-refractivity contribution >= 4 is 11.8 Å². The SMILES string of the molecule is CN1CC(NC(=O)c2ccncc2C(F)(F)F)CCC1=O. The maximum Gasteiger partial charge on any atom is 0.418 e. The van der Waals surface area contributed by atoms with E-state index in [9.17, 15) is 22.8 Å². The lowest BCUT2D eigenvalue weighted by atomic mass is 10.0. The third kappa shape index (κ3) is 3.50. The molecule has 1 N–H and O–H groups in total. The normalized spacial score (nSPS) is 19.5. The molecule has 8 heteroatoms. The van der Waals surface area contributed by atoms with Gasteiger partial charge in [0.15, 0.2) is 0 Å². The van der Waals surface area contributed by atoms with E-state index in [0.717, 1.165) is 12.3 Å². The maximum absolute atomic E-state index is 12.8. The summed E-state index contributed by atoms with van der Waals surface area (Å²) in [5, 5.41) is 2.54. The fourth-order valence-corrected chi connectivity index (χ4v) is 2.21. The van der Waals surface area contributed by atoms with E-state index in [4.69, 9.17) is 0 Å². The summed E-state index contributed by atoms with van der Waals surface area (Å²) in [6.07, 6.45) is -2.18. The maximum atomic E-state index is 12.8. The minimum Gasteiger partial charge on any atom is -0.347 e. The molecule has 1 aromatic rings. The van der Waals surface area contributed by atoms with E-state index in [2.05, 4.69) is 10.3 Å². The molecule has 1 aliphatic heterocycles. The highest BCUT2D eigenvalue weighted by Crippen LogP contribution is 2.31. The van der Waals surface area contributed by atoms with Crippen LogP contribution in [0.4, 0.5) is 13.2 Å². The summed E-state index contributed by atoms with van der Waals surface area (Å²) in [7, 11) is 1.59. The predicted molar refractivity (Wildman–Crippen MR) is 67.4 cm³/mol. The number of rotatable bonds is 2. The number of carbonyl (C=O) groups excluding carboxylic acids is 2. The van der Waals surface area contributed by atoms with Crippen LogP contribution in [-0.4, -0.2) is 41.3 Å². The molecule has 1 atom stereocenters. The van der Waals surface area contributed by atoms with Crippen LogP contribution in [-0.2, 0) is 11.0 Å². The number of likely N-dealkylation sites (tertiary alicyclic amines) is 1. The van der Waals surface area contributed by atoms with E-state index in [-0.39, 0.29) is 24.9 Å². The number of amides is 2. The van der Waals surface area contributed by atoms with Crippen molar-refractivity contribution in [3.63, 3.8) is 0 Å². The number of pyridine rings is 1. The molecule has 1 unspecified atom stereocenters. The highest BCUT2D eigenvalue weighted by molar-refractivity contribution is 5.96. The molecule has 0 aromatic carbocycles. The van der Waals surface area contributed by atoms with Gasteiger partial charge in [0.2, 0.25) is 5.91 Å². The van der Waals surface area contributed by atoms with E-state index >= 15 is 0 Å². The van der Waals surface area contributed by atoms with Crippen molar-refractivity contribution in [2.24, 2.45) is 0 Å². The molecular weight excluding hydrogens is 287 g/mol. The first-order valence-electron chi connectivity index (χ1n) is 6.35. The number of likely N-dealkylation sites (N-methyl/N-ethyl adjacent to an activating group) is 1. The Bertz CT molecular complexity index is 560. The highest BCUT2D eigenvalue weighted by atomic mass is 19.4. The van der Waals surface area contributed by atoms with E-state index in [0.29, 0.717) is 12.6 Å². The topological polar surface area (TPSA) is 62.3 Å². The molecule has 0 spiro atoms. The van der Waals surface area contributed by atoms with Crippen LogP contribution in [0.25, 0.3) is 0 Å². The first-order chi connectivity index (χ1) is 9.79. The Labute approximate surface area is 119 Å². The van der Waals surface area contributed by atoms with Gasteiger partial charge in [-0.1, -0.05) is 0 Å². The molecule has 0 radical (unpaired) electrons. The molecule has 5 nitrogen and oxygen atoms in total. The number of alkyl halides is 3. The van der Waals surface area contributed by atoms with Crippen molar-refractivity contribution < 1.29 is 22.8 Å². The summed E-state index contributed by atoms with van der Waals surface area (Å²) in [6, 6.07) is 0.685. The average Bonchev–Trinajstić information content (AvgIpc) is 2.42. The largest absolute Gasteiger partial charge is 0.418 e. The Morgan fingerprint density at radius 3 is 2.81 bits per heavy atom. The molecule has 114 valence electrons. The average molecular weight is 301 g/mol. The van der Waals surface area contributed by atoms with Gasteiger partial charge in [0.25, 0.3) is 5.91 Å². The third-order valence-electron chi connectivity index (χ3n) is 3.33. The smallest absolute Gasteiger partial charge is 0.347 e. The number of carbonyl (C=O) groups is 2. The van der Waals surface area contributed by atoms with Gasteiger partial charge >= 0.3 is 6.18 Å². The van der Waals surface area contributed by atoms with Crippen molar-refractivity contribution in [3.05, 3.63) is 29.6 Å². The van der Waals surface area contributed by atoms with E-state index in [1.165, 1.54) is 4.90 Å². The van der Waals surface area contributed by atoms with Gasteiger partial charge in [-0.15, -0.1) is 0 Å². The number of halogens is 3. The zero-order valence-corrected chi connectivity index (χ0v) is 11.3. The summed E-state index contributed by atoms with van der Waals surface area (Å²) < 4.78 is 38.5. The molecule has 0 aliphatic carbocycles. The lowest BCUT2D eigenvalue weighted by Crippen LogP contribution is -2.48. The molecule has 1 aromatic heterocycles. The lowest BCUT2D eigenvalue weighted by molar-refractivity contribution is -0.138. The third-order valence-corrected chi connectivity index (χ3v) is 3.33. The molecule has 21 heavy (non-hydrogen) atoms. The molecule has 2 heterocycles. The van der Waals surface area contributed by atoms with Crippen molar-refractivity contribution in [1.82, 2.24) is 15.2 Å². The van der Waals surface area contributed by atoms with Gasteiger partial charge in [0.1, 0.15) is 0 Å². The Morgan fingerprint density at radius 1 is 1.48 bits per heavy atom. The fraction of sp³-hybridized carbons (Fsp3) is 0.462. The number of hydrogen-bond acceptors (Lipinski definition) is 3. The molecule has 2 rings (SSSR count). The molecule has 0 saturated carbocycles. The van der Waals surface area contributed by atoms with E-state index < -0.39 is 23.2 Å². The number of aromatic nitrogens is 1. The number of nitrogens with one attached hydrogen (secondary N) is 1. The lowest BCUT2D eigenvalue weighted by Gasteiger charge is -2.30. The van der Waals surface area contributed by atoms with Crippen molar-refractivity contribution in [2.45, 2.75) is 25.1 Å². The second kappa shape index (κ2) is 5.71. The highest BCUT2D eigenvalue weighted by Gasteiger charge is 2.36. The van der Waals surface area contributed by atoms with E-state index in [1.54, 1.807) is 7.05 Å². The quantitative estimate of drug-likeness (QED) is 0.899. The van der Waals surface area contributed by atoms with Crippen molar-refractivity contribution in [3.8, 4) is 0 Å². The van der Waals surface area contributed by atoms with Crippen LogP contribution in [0.2, 0.25) is 0 Å². The van der Waals surface area contributed by atoms with Crippen LogP contribution in [0.3, 0.4) is 0 Å². The summed E-state index contributed by atoms with van der Waals surface area (Å²) in [5.74, 6) is -0.849. The first-order valence-corrected chi connectivity index (χ1v) is 6.35. The molecule has 1 aliphatic rings. The fourth-order valence-electron chi connectivity index (χ4n) is 2.21. The first kappa shape index (κ1) is 15.3. The van der Waals surface area contributed by atoms with Gasteiger partial charge in [-0.25, -0.2) is 0 Å². The minimum absolute atomic E-state index is 0.0413. The zero-order chi connectivity index (χ0) is 15.6. The number of nitrogens with zero attached hydrogens (tertiary/aromatic N) is 2. The van der Waals surface area contributed by atoms with Crippen LogP contribution in [0.15, 0.2) is 18.5 Å². The van der Waals surface area contributed by atoms with Crippen molar-refractivity contribution in [2.75, 3.05) is 13.6 Å². The van der Waals surface area contributed by atoms with Gasteiger partial charge in [0.05, 0.1) is 11.1 Å². The Morgan fingerprint density at radius 2 is 2.19 bits per heavy atom. The zero-order valence-electron chi connectivity index (χ0n) is 11.3. The van der Waals surface area contributed by atoms with E-state index in [1.807, 2.05) is 0 Å². The van der Waals surface area contributed by atoms with Crippen LogP contribution in [0, 0.1) is 0 Å². The summed E-state index contributed by atoms with van der Waals surface area (Å²) in [5.41, 5.74) is -1.53. The molecule has 1 fully saturated rings. The van der Waals surface area contributed by atoms with Gasteiger partial charge in [-0.2, -0.15) is 13.2 Å². The van der Waals surface area contributed by atoms with Crippen LogP contribution in [0.1, 0.15) is 28.8 Å². The van der Waals surface area contributed by atoms with Crippen LogP contribution < -0.4 is 5.32 Å². The summed E-state index contributed by atoms with van der Waals surface area (Å²) >= 11 is 0. The standard InChI is InChI=1S/C13H14F3N3O2/c1-19-7-8(2-3-11(19)20)18-12(21)9-4-5-17-6-10(9)13(14,15)16/h4-6,8H,2-3,7H2,1H3,(H,18,21). The monoisotopic (exact) mass is 301 g/mol. The number of piperidine rings is 1. The predicted octanol–water partition coefficient (Wildman–Crippen LogP) is 1.45. The molecule has 0 bridgehead atoms. The van der Waals surface area contributed by atoms with Gasteiger partial charge in [-0.3, -0.25) is 14.6 Å². The second-order valence-corrected chi connectivity index (χ2v) is 4.90. The minimum atomic E-state index is -4.64. The van der Waals surface area contributed by atoms with Gasteiger partial charge in [-0.05, 0) is 12.5 Å². The van der Waals surface area contributed by atoms with Gasteiger partial charge in [0, 0.05) is 38.4 Å².